The van der Waals surface area contributed by atoms with E-state index < -0.39 is 10.0 Å². The van der Waals surface area contributed by atoms with Crippen LogP contribution in [0, 0.1) is 5.92 Å². The first-order valence-corrected chi connectivity index (χ1v) is 11.1. The van der Waals surface area contributed by atoms with Gasteiger partial charge in [0.15, 0.2) is 0 Å². The normalized spacial score (nSPS) is 20.7. The van der Waals surface area contributed by atoms with Crippen LogP contribution in [0.15, 0.2) is 18.2 Å². The molecule has 25 heavy (non-hydrogen) atoms. The number of amides is 1. The number of carbonyl (C=O) groups excluding carboxylic acids is 1. The molecule has 1 atom stereocenters. The molecule has 6 heteroatoms. The maximum atomic E-state index is 12.5. The van der Waals surface area contributed by atoms with E-state index >= 15 is 0 Å². The minimum absolute atomic E-state index is 0.0207. The van der Waals surface area contributed by atoms with Crippen molar-refractivity contribution in [3.8, 4) is 0 Å². The molecule has 0 aromatic heterocycles. The maximum Gasteiger partial charge on any atom is 0.223 e. The van der Waals surface area contributed by atoms with Gasteiger partial charge in [0.05, 0.1) is 12.3 Å². The predicted octanol–water partition coefficient (Wildman–Crippen LogP) is 2.41. The lowest BCUT2D eigenvalue weighted by atomic mass is 9.89. The Bertz CT molecular complexity index is 737. The molecule has 1 heterocycles. The van der Waals surface area contributed by atoms with Gasteiger partial charge in [-0.05, 0) is 62.1 Å². The predicted molar refractivity (Wildman–Crippen MR) is 98.8 cm³/mol. The summed E-state index contributed by atoms with van der Waals surface area (Å²) in [6.07, 6.45) is 7.22. The lowest BCUT2D eigenvalue weighted by Crippen LogP contribution is -2.43. The van der Waals surface area contributed by atoms with Crippen molar-refractivity contribution >= 4 is 15.9 Å². The third kappa shape index (κ3) is 4.42. The topological polar surface area (TPSA) is 66.5 Å². The molecule has 1 aromatic rings. The number of rotatable bonds is 4. The molecule has 1 fully saturated rings. The van der Waals surface area contributed by atoms with E-state index in [9.17, 15) is 13.2 Å². The van der Waals surface area contributed by atoms with Crippen molar-refractivity contribution in [3.05, 3.63) is 34.9 Å². The number of hydrogen-bond donors (Lipinski definition) is 1. The number of sulfonamides is 1. The number of piperidine rings is 1. The van der Waals surface area contributed by atoms with Gasteiger partial charge >= 0.3 is 0 Å². The van der Waals surface area contributed by atoms with E-state index in [2.05, 4.69) is 23.5 Å². The first-order valence-electron chi connectivity index (χ1n) is 9.22. The molecule has 1 aliphatic heterocycles. The van der Waals surface area contributed by atoms with Gasteiger partial charge in [-0.15, -0.1) is 0 Å². The van der Waals surface area contributed by atoms with Crippen LogP contribution in [0.25, 0.3) is 0 Å². The number of hydrogen-bond acceptors (Lipinski definition) is 3. The minimum Gasteiger partial charge on any atom is -0.349 e. The maximum absolute atomic E-state index is 12.5. The Kier molecular flexibility index (Phi) is 5.49. The molecule has 0 radical (unpaired) electrons. The van der Waals surface area contributed by atoms with Gasteiger partial charge in [-0.3, -0.25) is 4.79 Å². The number of carbonyl (C=O) groups is 1. The first-order chi connectivity index (χ1) is 11.8. The monoisotopic (exact) mass is 364 g/mol. The zero-order chi connectivity index (χ0) is 18.0. The van der Waals surface area contributed by atoms with Crippen molar-refractivity contribution < 1.29 is 13.2 Å². The van der Waals surface area contributed by atoms with Crippen LogP contribution in [0.3, 0.4) is 0 Å². The summed E-state index contributed by atoms with van der Waals surface area (Å²) < 4.78 is 24.6. The second-order valence-electron chi connectivity index (χ2n) is 7.40. The van der Waals surface area contributed by atoms with Gasteiger partial charge in [-0.25, -0.2) is 12.7 Å². The zero-order valence-corrected chi connectivity index (χ0v) is 15.9. The summed E-state index contributed by atoms with van der Waals surface area (Å²) in [5.74, 6) is -0.0588. The van der Waals surface area contributed by atoms with Crippen LogP contribution in [0.1, 0.15) is 55.3 Å². The second-order valence-corrected chi connectivity index (χ2v) is 9.38. The summed E-state index contributed by atoms with van der Waals surface area (Å²) in [5.41, 5.74) is 4.02. The van der Waals surface area contributed by atoms with Crippen LogP contribution in [0.2, 0.25) is 0 Å². The SMILES string of the molecule is C[C@@H](NC(=O)C1CCN(S(C)(=O)=O)CC1)c1ccc2c(c1)CCCC2. The molecule has 1 aliphatic carbocycles. The van der Waals surface area contributed by atoms with Crippen LogP contribution in [-0.2, 0) is 27.7 Å². The lowest BCUT2D eigenvalue weighted by molar-refractivity contribution is -0.126. The molecule has 0 spiro atoms. The fraction of sp³-hybridized carbons (Fsp3) is 0.632. The average molecular weight is 365 g/mol. The van der Waals surface area contributed by atoms with Gasteiger partial charge < -0.3 is 5.32 Å². The molecule has 1 saturated heterocycles. The molecular formula is C19H28N2O3S. The van der Waals surface area contributed by atoms with Gasteiger partial charge in [0.2, 0.25) is 15.9 Å². The van der Waals surface area contributed by atoms with Crippen molar-refractivity contribution in [1.29, 1.82) is 0 Å². The Labute approximate surface area is 150 Å². The van der Waals surface area contributed by atoms with Crippen molar-refractivity contribution in [2.24, 2.45) is 5.92 Å². The van der Waals surface area contributed by atoms with Crippen LogP contribution < -0.4 is 5.32 Å². The largest absolute Gasteiger partial charge is 0.349 e. The van der Waals surface area contributed by atoms with Crippen LogP contribution in [-0.4, -0.2) is 38.0 Å². The Morgan fingerprint density at radius 3 is 2.44 bits per heavy atom. The Morgan fingerprint density at radius 1 is 1.16 bits per heavy atom. The van der Waals surface area contributed by atoms with E-state index in [0.29, 0.717) is 25.9 Å². The number of fused-ring (bicyclic) bond motifs is 1. The van der Waals surface area contributed by atoms with Gasteiger partial charge in [-0.2, -0.15) is 0 Å². The smallest absolute Gasteiger partial charge is 0.223 e. The molecule has 2 aliphatic rings. The standard InChI is InChI=1S/C19H28N2O3S/c1-14(17-8-7-15-5-3-4-6-18(15)13-17)20-19(22)16-9-11-21(12-10-16)25(2,23)24/h7-8,13-14,16H,3-6,9-12H2,1-2H3,(H,20,22)/t14-/m1/s1. The van der Waals surface area contributed by atoms with E-state index in [4.69, 9.17) is 0 Å². The minimum atomic E-state index is -3.15. The Morgan fingerprint density at radius 2 is 1.80 bits per heavy atom. The summed E-state index contributed by atoms with van der Waals surface area (Å²) in [6, 6.07) is 6.55. The van der Waals surface area contributed by atoms with Gasteiger partial charge in [0.25, 0.3) is 0 Å². The summed E-state index contributed by atoms with van der Waals surface area (Å²) in [5, 5.41) is 3.12. The molecule has 1 N–H and O–H groups in total. The number of aryl methyl sites for hydroxylation is 2. The molecule has 5 nitrogen and oxygen atoms in total. The lowest BCUT2D eigenvalue weighted by Gasteiger charge is -2.30. The fourth-order valence-corrected chi connectivity index (χ4v) is 4.76. The first kappa shape index (κ1) is 18.4. The van der Waals surface area contributed by atoms with E-state index in [0.717, 1.165) is 18.4 Å². The van der Waals surface area contributed by atoms with Gasteiger partial charge in [0, 0.05) is 19.0 Å². The van der Waals surface area contributed by atoms with E-state index in [1.54, 1.807) is 0 Å². The number of nitrogens with one attached hydrogen (secondary N) is 1. The van der Waals surface area contributed by atoms with E-state index in [-0.39, 0.29) is 17.9 Å². The Balaban J connectivity index is 1.58. The third-order valence-corrected chi connectivity index (χ3v) is 6.83. The molecule has 0 bridgehead atoms. The average Bonchev–Trinajstić information content (AvgIpc) is 2.60. The molecule has 1 aromatic carbocycles. The van der Waals surface area contributed by atoms with Crippen molar-refractivity contribution in [2.45, 2.75) is 51.5 Å². The molecule has 1 amide bonds. The van der Waals surface area contributed by atoms with Gasteiger partial charge in [-0.1, -0.05) is 18.2 Å². The number of benzene rings is 1. The van der Waals surface area contributed by atoms with E-state index in [1.807, 2.05) is 6.92 Å². The highest BCUT2D eigenvalue weighted by Gasteiger charge is 2.29. The summed E-state index contributed by atoms with van der Waals surface area (Å²) in [4.78, 5) is 12.5. The summed E-state index contributed by atoms with van der Waals surface area (Å²) in [6.45, 7) is 2.89. The molecule has 138 valence electrons. The van der Waals surface area contributed by atoms with E-state index in [1.165, 1.54) is 34.5 Å². The van der Waals surface area contributed by atoms with Crippen LogP contribution in [0.4, 0.5) is 0 Å². The quantitative estimate of drug-likeness (QED) is 0.892. The second kappa shape index (κ2) is 7.46. The fourth-order valence-electron chi connectivity index (χ4n) is 3.89. The van der Waals surface area contributed by atoms with Crippen LogP contribution >= 0.6 is 0 Å². The molecular weight excluding hydrogens is 336 g/mol. The number of nitrogens with zero attached hydrogens (tertiary/aromatic N) is 1. The Hall–Kier alpha value is -1.40. The highest BCUT2D eigenvalue weighted by molar-refractivity contribution is 7.88. The summed E-state index contributed by atoms with van der Waals surface area (Å²) in [7, 11) is -3.15. The zero-order valence-electron chi connectivity index (χ0n) is 15.1. The van der Waals surface area contributed by atoms with Crippen molar-refractivity contribution in [1.82, 2.24) is 9.62 Å². The molecule has 3 rings (SSSR count). The van der Waals surface area contributed by atoms with Gasteiger partial charge in [0.1, 0.15) is 0 Å². The van der Waals surface area contributed by atoms with Crippen LogP contribution in [0.5, 0.6) is 0 Å². The molecule has 0 unspecified atom stereocenters. The van der Waals surface area contributed by atoms with Crippen molar-refractivity contribution in [3.63, 3.8) is 0 Å². The summed E-state index contributed by atoms with van der Waals surface area (Å²) >= 11 is 0. The van der Waals surface area contributed by atoms with Crippen molar-refractivity contribution in [2.75, 3.05) is 19.3 Å². The third-order valence-electron chi connectivity index (χ3n) is 5.53. The highest BCUT2D eigenvalue weighted by Crippen LogP contribution is 2.26. The highest BCUT2D eigenvalue weighted by atomic mass is 32.2. The molecule has 0 saturated carbocycles.